The minimum atomic E-state index is 0.210. The summed E-state index contributed by atoms with van der Waals surface area (Å²) in [5, 5.41) is 10.9. The molecule has 3 rings (SSSR count). The lowest BCUT2D eigenvalue weighted by Crippen LogP contribution is -1.91. The van der Waals surface area contributed by atoms with Crippen molar-refractivity contribution in [1.29, 1.82) is 0 Å². The molecule has 0 aliphatic rings. The van der Waals surface area contributed by atoms with E-state index in [0.29, 0.717) is 5.52 Å². The second kappa shape index (κ2) is 5.92. The Morgan fingerprint density at radius 2 is 1.95 bits per heavy atom. The highest BCUT2D eigenvalue weighted by atomic mass is 16.3. The van der Waals surface area contributed by atoms with Gasteiger partial charge in [-0.2, -0.15) is 0 Å². The molecule has 0 spiro atoms. The smallest absolute Gasteiger partial charge is 0.141 e. The Kier molecular flexibility index (Phi) is 3.82. The van der Waals surface area contributed by atoms with Crippen LogP contribution in [0.3, 0.4) is 0 Å². The third-order valence-corrected chi connectivity index (χ3v) is 3.67. The molecule has 0 amide bonds. The third-order valence-electron chi connectivity index (χ3n) is 3.67. The molecule has 1 N–H and O–H groups in total. The molecule has 1 aromatic carbocycles. The number of nitrogens with zero attached hydrogens (tertiary/aromatic N) is 2. The second-order valence-electron chi connectivity index (χ2n) is 5.17. The van der Waals surface area contributed by atoms with E-state index in [9.17, 15) is 5.11 Å². The number of hydrogen-bond acceptors (Lipinski definition) is 3. The van der Waals surface area contributed by atoms with Gasteiger partial charge in [-0.15, -0.1) is 0 Å². The zero-order valence-electron chi connectivity index (χ0n) is 12.1. The average molecular weight is 278 g/mol. The van der Waals surface area contributed by atoms with Gasteiger partial charge in [0.05, 0.1) is 0 Å². The quantitative estimate of drug-likeness (QED) is 0.772. The summed E-state index contributed by atoms with van der Waals surface area (Å²) in [5.74, 6) is 0.210. The first-order chi connectivity index (χ1) is 10.3. The summed E-state index contributed by atoms with van der Waals surface area (Å²) in [6.45, 7) is 2.18. The number of benzene rings is 1. The average Bonchev–Trinajstić information content (AvgIpc) is 2.54. The molecule has 0 atom stereocenters. The highest BCUT2D eigenvalue weighted by Gasteiger charge is 2.08. The fourth-order valence-electron chi connectivity index (χ4n) is 2.50. The van der Waals surface area contributed by atoms with Crippen molar-refractivity contribution in [1.82, 2.24) is 9.97 Å². The van der Waals surface area contributed by atoms with Gasteiger partial charge in [-0.1, -0.05) is 25.5 Å². The summed E-state index contributed by atoms with van der Waals surface area (Å²) < 4.78 is 0. The first-order valence-corrected chi connectivity index (χ1v) is 7.31. The standard InChI is InChI=1S/C18H18N2O/c1-2-3-5-14-8-7-13(12-20-14)15-9-10-17(21)18-16(15)6-4-11-19-18/h4,6-12,21H,2-3,5H2,1H3. The van der Waals surface area contributed by atoms with Crippen LogP contribution >= 0.6 is 0 Å². The second-order valence-corrected chi connectivity index (χ2v) is 5.17. The molecular weight excluding hydrogens is 260 g/mol. The van der Waals surface area contributed by atoms with Crippen LogP contribution in [0.4, 0.5) is 0 Å². The van der Waals surface area contributed by atoms with Crippen LogP contribution in [0.5, 0.6) is 5.75 Å². The highest BCUT2D eigenvalue weighted by molar-refractivity contribution is 5.97. The minimum Gasteiger partial charge on any atom is -0.506 e. The Morgan fingerprint density at radius 3 is 2.71 bits per heavy atom. The molecule has 3 nitrogen and oxygen atoms in total. The molecule has 0 unspecified atom stereocenters. The molecule has 3 heteroatoms. The predicted molar refractivity (Wildman–Crippen MR) is 85.3 cm³/mol. The summed E-state index contributed by atoms with van der Waals surface area (Å²) in [7, 11) is 0. The Labute approximate surface area is 124 Å². The number of aromatic hydroxyl groups is 1. The van der Waals surface area contributed by atoms with Gasteiger partial charge >= 0.3 is 0 Å². The van der Waals surface area contributed by atoms with Gasteiger partial charge < -0.3 is 5.11 Å². The first kappa shape index (κ1) is 13.6. The molecule has 21 heavy (non-hydrogen) atoms. The highest BCUT2D eigenvalue weighted by Crippen LogP contribution is 2.32. The number of phenolic OH excluding ortho intramolecular Hbond substituents is 1. The van der Waals surface area contributed by atoms with E-state index in [1.807, 2.05) is 24.4 Å². The van der Waals surface area contributed by atoms with Crippen LogP contribution in [0.25, 0.3) is 22.0 Å². The molecule has 0 aliphatic heterocycles. The molecule has 106 valence electrons. The number of aromatic nitrogens is 2. The fourth-order valence-corrected chi connectivity index (χ4v) is 2.50. The molecule has 0 aliphatic carbocycles. The van der Waals surface area contributed by atoms with E-state index in [1.54, 1.807) is 12.3 Å². The van der Waals surface area contributed by atoms with Crippen LogP contribution in [0.2, 0.25) is 0 Å². The molecule has 0 bridgehead atoms. The van der Waals surface area contributed by atoms with Crippen molar-refractivity contribution in [2.75, 3.05) is 0 Å². The molecule has 3 aromatic rings. The fraction of sp³-hybridized carbons (Fsp3) is 0.222. The molecule has 0 radical (unpaired) electrons. The number of fused-ring (bicyclic) bond motifs is 1. The van der Waals surface area contributed by atoms with Gasteiger partial charge in [-0.05, 0) is 42.7 Å². The lowest BCUT2D eigenvalue weighted by Gasteiger charge is -2.08. The van der Waals surface area contributed by atoms with Crippen molar-refractivity contribution in [3.05, 3.63) is 54.5 Å². The summed E-state index contributed by atoms with van der Waals surface area (Å²) >= 11 is 0. The Hall–Kier alpha value is -2.42. The van der Waals surface area contributed by atoms with Crippen LogP contribution in [0.1, 0.15) is 25.5 Å². The zero-order valence-corrected chi connectivity index (χ0v) is 12.1. The number of hydrogen-bond donors (Lipinski definition) is 1. The Bertz CT molecular complexity index is 751. The van der Waals surface area contributed by atoms with Gasteiger partial charge in [0, 0.05) is 29.0 Å². The van der Waals surface area contributed by atoms with Crippen molar-refractivity contribution in [3.8, 4) is 16.9 Å². The van der Waals surface area contributed by atoms with E-state index in [4.69, 9.17) is 0 Å². The van der Waals surface area contributed by atoms with Crippen molar-refractivity contribution < 1.29 is 5.11 Å². The lowest BCUT2D eigenvalue weighted by atomic mass is 10.0. The molecule has 2 heterocycles. The largest absolute Gasteiger partial charge is 0.506 e. The number of pyridine rings is 2. The predicted octanol–water partition coefficient (Wildman–Crippen LogP) is 4.35. The van der Waals surface area contributed by atoms with Crippen LogP contribution in [0.15, 0.2) is 48.8 Å². The summed E-state index contributed by atoms with van der Waals surface area (Å²) in [5.41, 5.74) is 3.85. The van der Waals surface area contributed by atoms with Crippen LogP contribution in [0, 0.1) is 0 Å². The maximum atomic E-state index is 9.91. The third kappa shape index (κ3) is 2.72. The van der Waals surface area contributed by atoms with E-state index in [2.05, 4.69) is 29.0 Å². The summed E-state index contributed by atoms with van der Waals surface area (Å²) in [6.07, 6.45) is 6.96. The Morgan fingerprint density at radius 1 is 1.05 bits per heavy atom. The number of phenols is 1. The van der Waals surface area contributed by atoms with Gasteiger partial charge in [-0.3, -0.25) is 9.97 Å². The maximum Gasteiger partial charge on any atom is 0.141 e. The molecular formula is C18H18N2O. The van der Waals surface area contributed by atoms with Crippen molar-refractivity contribution in [3.63, 3.8) is 0 Å². The summed E-state index contributed by atoms with van der Waals surface area (Å²) in [6, 6.07) is 11.6. The van der Waals surface area contributed by atoms with Gasteiger partial charge in [0.25, 0.3) is 0 Å². The Balaban J connectivity index is 2.02. The van der Waals surface area contributed by atoms with Crippen LogP contribution < -0.4 is 0 Å². The maximum absolute atomic E-state index is 9.91. The molecule has 0 saturated heterocycles. The zero-order chi connectivity index (χ0) is 14.7. The molecule has 0 fully saturated rings. The monoisotopic (exact) mass is 278 g/mol. The van der Waals surface area contributed by atoms with Gasteiger partial charge in [0.2, 0.25) is 0 Å². The van der Waals surface area contributed by atoms with Crippen LogP contribution in [-0.2, 0) is 6.42 Å². The van der Waals surface area contributed by atoms with E-state index < -0.39 is 0 Å². The number of unbranched alkanes of at least 4 members (excludes halogenated alkanes) is 1. The van der Waals surface area contributed by atoms with Crippen LogP contribution in [-0.4, -0.2) is 15.1 Å². The number of aryl methyl sites for hydroxylation is 1. The van der Waals surface area contributed by atoms with Gasteiger partial charge in [0.15, 0.2) is 0 Å². The van der Waals surface area contributed by atoms with Gasteiger partial charge in [-0.25, -0.2) is 0 Å². The number of rotatable bonds is 4. The van der Waals surface area contributed by atoms with E-state index in [-0.39, 0.29) is 5.75 Å². The SMILES string of the molecule is CCCCc1ccc(-c2ccc(O)c3ncccc23)cn1. The normalized spacial score (nSPS) is 10.9. The van der Waals surface area contributed by atoms with Gasteiger partial charge in [0.1, 0.15) is 11.3 Å². The van der Waals surface area contributed by atoms with Crippen molar-refractivity contribution in [2.45, 2.75) is 26.2 Å². The molecule has 2 aromatic heterocycles. The topological polar surface area (TPSA) is 46.0 Å². The van der Waals surface area contributed by atoms with E-state index in [0.717, 1.165) is 28.6 Å². The summed E-state index contributed by atoms with van der Waals surface area (Å²) in [4.78, 5) is 8.79. The van der Waals surface area contributed by atoms with E-state index in [1.165, 1.54) is 12.8 Å². The molecule has 0 saturated carbocycles. The van der Waals surface area contributed by atoms with Crippen molar-refractivity contribution in [2.24, 2.45) is 0 Å². The minimum absolute atomic E-state index is 0.210. The first-order valence-electron chi connectivity index (χ1n) is 7.31. The lowest BCUT2D eigenvalue weighted by molar-refractivity contribution is 0.480. The van der Waals surface area contributed by atoms with Crippen molar-refractivity contribution >= 4 is 10.9 Å². The van der Waals surface area contributed by atoms with E-state index >= 15 is 0 Å².